The van der Waals surface area contributed by atoms with Crippen molar-refractivity contribution in [3.05, 3.63) is 52.1 Å². The van der Waals surface area contributed by atoms with Crippen molar-refractivity contribution in [1.82, 2.24) is 10.2 Å². The van der Waals surface area contributed by atoms with Crippen LogP contribution in [0.3, 0.4) is 0 Å². The van der Waals surface area contributed by atoms with E-state index in [4.69, 9.17) is 23.2 Å². The average Bonchev–Trinajstić information content (AvgIpc) is 2.83. The van der Waals surface area contributed by atoms with Crippen molar-refractivity contribution in [2.75, 3.05) is 5.32 Å². The molecule has 0 saturated heterocycles. The lowest BCUT2D eigenvalue weighted by Gasteiger charge is -1.99. The molecular formula is C12H9Cl2N3O. The van der Waals surface area contributed by atoms with Crippen molar-refractivity contribution in [3.8, 4) is 0 Å². The SMILES string of the molecule is O=C(/C=C/c1cc(Cl)ccc1Cl)Nc1ccn[nH]1. The number of nitrogens with one attached hydrogen (secondary N) is 2. The van der Waals surface area contributed by atoms with Crippen LogP contribution in [0.15, 0.2) is 36.5 Å². The Labute approximate surface area is 114 Å². The number of nitrogens with zero attached hydrogens (tertiary/aromatic N) is 1. The Morgan fingerprint density at radius 1 is 1.33 bits per heavy atom. The van der Waals surface area contributed by atoms with Crippen molar-refractivity contribution in [2.24, 2.45) is 0 Å². The fourth-order valence-corrected chi connectivity index (χ4v) is 1.67. The van der Waals surface area contributed by atoms with E-state index >= 15 is 0 Å². The van der Waals surface area contributed by atoms with Gasteiger partial charge >= 0.3 is 0 Å². The average molecular weight is 282 g/mol. The number of halogens is 2. The van der Waals surface area contributed by atoms with E-state index < -0.39 is 0 Å². The van der Waals surface area contributed by atoms with Gasteiger partial charge in [0.15, 0.2) is 0 Å². The van der Waals surface area contributed by atoms with Crippen LogP contribution in [0.1, 0.15) is 5.56 Å². The van der Waals surface area contributed by atoms with E-state index in [2.05, 4.69) is 15.5 Å². The third kappa shape index (κ3) is 3.35. The van der Waals surface area contributed by atoms with Gasteiger partial charge in [-0.05, 0) is 29.8 Å². The highest BCUT2D eigenvalue weighted by Gasteiger charge is 2.00. The molecule has 1 heterocycles. The summed E-state index contributed by atoms with van der Waals surface area (Å²) < 4.78 is 0. The quantitative estimate of drug-likeness (QED) is 0.848. The first-order valence-electron chi connectivity index (χ1n) is 5.08. The molecular weight excluding hydrogens is 273 g/mol. The van der Waals surface area contributed by atoms with Crippen LogP contribution in [0.2, 0.25) is 10.0 Å². The number of carbonyl (C=O) groups is 1. The summed E-state index contributed by atoms with van der Waals surface area (Å²) in [6.07, 6.45) is 4.52. The molecule has 1 aromatic heterocycles. The van der Waals surface area contributed by atoms with E-state index in [0.29, 0.717) is 21.4 Å². The van der Waals surface area contributed by atoms with Gasteiger partial charge in [-0.3, -0.25) is 9.89 Å². The summed E-state index contributed by atoms with van der Waals surface area (Å²) in [4.78, 5) is 11.6. The van der Waals surface area contributed by atoms with Crippen molar-refractivity contribution in [3.63, 3.8) is 0 Å². The van der Waals surface area contributed by atoms with E-state index in [1.54, 1.807) is 36.5 Å². The Balaban J connectivity index is 2.06. The maximum absolute atomic E-state index is 11.6. The number of hydrogen-bond acceptors (Lipinski definition) is 2. The smallest absolute Gasteiger partial charge is 0.249 e. The van der Waals surface area contributed by atoms with Gasteiger partial charge in [-0.15, -0.1) is 0 Å². The second kappa shape index (κ2) is 5.71. The molecule has 0 fully saturated rings. The number of aromatic nitrogens is 2. The monoisotopic (exact) mass is 281 g/mol. The maximum Gasteiger partial charge on any atom is 0.249 e. The van der Waals surface area contributed by atoms with Crippen LogP contribution in [0.4, 0.5) is 5.82 Å². The van der Waals surface area contributed by atoms with Gasteiger partial charge in [0.05, 0.1) is 6.20 Å². The minimum Gasteiger partial charge on any atom is -0.307 e. The summed E-state index contributed by atoms with van der Waals surface area (Å²) in [6, 6.07) is 6.70. The molecule has 0 spiro atoms. The molecule has 2 rings (SSSR count). The first-order valence-corrected chi connectivity index (χ1v) is 5.84. The molecule has 1 amide bonds. The first-order chi connectivity index (χ1) is 8.65. The second-order valence-electron chi connectivity index (χ2n) is 3.46. The molecule has 2 N–H and O–H groups in total. The maximum atomic E-state index is 11.6. The lowest BCUT2D eigenvalue weighted by molar-refractivity contribution is -0.111. The molecule has 0 aliphatic heterocycles. The van der Waals surface area contributed by atoms with Gasteiger partial charge in [0.1, 0.15) is 5.82 Å². The molecule has 0 radical (unpaired) electrons. The van der Waals surface area contributed by atoms with Gasteiger partial charge in [-0.2, -0.15) is 5.10 Å². The Morgan fingerprint density at radius 3 is 2.89 bits per heavy atom. The van der Waals surface area contributed by atoms with Crippen molar-refractivity contribution < 1.29 is 4.79 Å². The minimum atomic E-state index is -0.282. The first kappa shape index (κ1) is 12.7. The van der Waals surface area contributed by atoms with Gasteiger partial charge in [0.2, 0.25) is 5.91 Å². The van der Waals surface area contributed by atoms with E-state index in [1.165, 1.54) is 6.08 Å². The minimum absolute atomic E-state index is 0.282. The topological polar surface area (TPSA) is 57.8 Å². The molecule has 0 bridgehead atoms. The summed E-state index contributed by atoms with van der Waals surface area (Å²) in [6.45, 7) is 0. The Hall–Kier alpha value is -1.78. The summed E-state index contributed by atoms with van der Waals surface area (Å²) >= 11 is 11.8. The standard InChI is InChI=1S/C12H9Cl2N3O/c13-9-2-3-10(14)8(7-9)1-4-12(18)16-11-5-6-15-17-11/h1-7H,(H2,15,16,17,18)/b4-1+. The zero-order valence-corrected chi connectivity index (χ0v) is 10.7. The molecule has 6 heteroatoms. The highest BCUT2D eigenvalue weighted by Crippen LogP contribution is 2.21. The molecule has 4 nitrogen and oxygen atoms in total. The second-order valence-corrected chi connectivity index (χ2v) is 4.30. The normalized spacial score (nSPS) is 10.8. The van der Waals surface area contributed by atoms with Crippen LogP contribution in [-0.4, -0.2) is 16.1 Å². The largest absolute Gasteiger partial charge is 0.307 e. The van der Waals surface area contributed by atoms with Crippen LogP contribution in [0.5, 0.6) is 0 Å². The molecule has 18 heavy (non-hydrogen) atoms. The lowest BCUT2D eigenvalue weighted by Crippen LogP contribution is -2.07. The number of hydrogen-bond donors (Lipinski definition) is 2. The van der Waals surface area contributed by atoms with E-state index in [9.17, 15) is 4.79 Å². The predicted octanol–water partition coefficient (Wildman–Crippen LogP) is 3.37. The van der Waals surface area contributed by atoms with Crippen LogP contribution < -0.4 is 5.32 Å². The molecule has 0 aliphatic rings. The molecule has 0 unspecified atom stereocenters. The highest BCUT2D eigenvalue weighted by molar-refractivity contribution is 6.34. The molecule has 2 aromatic rings. The number of H-pyrrole nitrogens is 1. The van der Waals surface area contributed by atoms with Crippen LogP contribution in [0, 0.1) is 0 Å². The number of amides is 1. The van der Waals surface area contributed by atoms with Crippen molar-refractivity contribution in [1.29, 1.82) is 0 Å². The van der Waals surface area contributed by atoms with Crippen LogP contribution in [-0.2, 0) is 4.79 Å². The number of benzene rings is 1. The number of aromatic amines is 1. The Kier molecular flexibility index (Phi) is 4.02. The van der Waals surface area contributed by atoms with Crippen molar-refractivity contribution >= 4 is 41.0 Å². The van der Waals surface area contributed by atoms with Gasteiger partial charge in [-0.25, -0.2) is 0 Å². The van der Waals surface area contributed by atoms with Crippen LogP contribution in [0.25, 0.3) is 6.08 Å². The van der Waals surface area contributed by atoms with E-state index in [-0.39, 0.29) is 5.91 Å². The molecule has 0 saturated carbocycles. The molecule has 0 aliphatic carbocycles. The Bertz CT molecular complexity index is 579. The molecule has 1 aromatic carbocycles. The zero-order chi connectivity index (χ0) is 13.0. The Morgan fingerprint density at radius 2 is 2.17 bits per heavy atom. The van der Waals surface area contributed by atoms with Gasteiger partial charge in [0.25, 0.3) is 0 Å². The molecule has 0 atom stereocenters. The summed E-state index contributed by atoms with van der Waals surface area (Å²) in [5, 5.41) is 10.0. The van der Waals surface area contributed by atoms with E-state index in [1.807, 2.05) is 0 Å². The fourth-order valence-electron chi connectivity index (χ4n) is 1.31. The number of carbonyl (C=O) groups excluding carboxylic acids is 1. The number of anilines is 1. The van der Waals surface area contributed by atoms with Gasteiger partial charge in [-0.1, -0.05) is 23.2 Å². The third-order valence-corrected chi connectivity index (χ3v) is 2.71. The van der Waals surface area contributed by atoms with Crippen LogP contribution >= 0.6 is 23.2 Å². The van der Waals surface area contributed by atoms with E-state index in [0.717, 1.165) is 0 Å². The van der Waals surface area contributed by atoms with Crippen molar-refractivity contribution in [2.45, 2.75) is 0 Å². The number of rotatable bonds is 3. The third-order valence-electron chi connectivity index (χ3n) is 2.13. The summed E-state index contributed by atoms with van der Waals surface area (Å²) in [7, 11) is 0. The summed E-state index contributed by atoms with van der Waals surface area (Å²) in [5.41, 5.74) is 0.684. The van der Waals surface area contributed by atoms with Gasteiger partial charge < -0.3 is 5.32 Å². The summed E-state index contributed by atoms with van der Waals surface area (Å²) in [5.74, 6) is 0.247. The lowest BCUT2D eigenvalue weighted by atomic mass is 10.2. The van der Waals surface area contributed by atoms with Gasteiger partial charge in [0, 0.05) is 22.2 Å². The molecule has 92 valence electrons. The zero-order valence-electron chi connectivity index (χ0n) is 9.15. The fraction of sp³-hybridized carbons (Fsp3) is 0. The highest BCUT2D eigenvalue weighted by atomic mass is 35.5. The predicted molar refractivity (Wildman–Crippen MR) is 72.7 cm³/mol.